The average Bonchev–Trinajstić information content (AvgIpc) is 3.08. The highest BCUT2D eigenvalue weighted by atomic mass is 35.5. The highest BCUT2D eigenvalue weighted by molar-refractivity contribution is 6.30. The Kier molecular flexibility index (Phi) is 4.42. The minimum atomic E-state index is -0.482. The Morgan fingerprint density at radius 1 is 1.31 bits per heavy atom. The molecule has 1 amide bonds. The molecule has 7 heteroatoms. The van der Waals surface area contributed by atoms with Crippen LogP contribution in [-0.2, 0) is 6.42 Å². The van der Waals surface area contributed by atoms with Crippen LogP contribution >= 0.6 is 11.6 Å². The maximum Gasteiger partial charge on any atom is 0.280 e. The number of pyridine rings is 1. The summed E-state index contributed by atoms with van der Waals surface area (Å²) in [4.78, 5) is 38.1. The van der Waals surface area contributed by atoms with Crippen LogP contribution in [0.4, 0.5) is 0 Å². The van der Waals surface area contributed by atoms with Crippen LogP contribution in [0, 0.1) is 0 Å². The summed E-state index contributed by atoms with van der Waals surface area (Å²) in [6.07, 6.45) is 4.08. The average molecular weight is 369 g/mol. The summed E-state index contributed by atoms with van der Waals surface area (Å²) in [5.74, 6) is -0.344. The number of fused-ring (bicyclic) bond motifs is 1. The van der Waals surface area contributed by atoms with Crippen molar-refractivity contribution in [2.45, 2.75) is 25.3 Å². The third-order valence-corrected chi connectivity index (χ3v) is 4.90. The quantitative estimate of drug-likeness (QED) is 0.771. The van der Waals surface area contributed by atoms with Gasteiger partial charge in [0.2, 0.25) is 0 Å². The maximum absolute atomic E-state index is 13.0. The fourth-order valence-corrected chi connectivity index (χ4v) is 3.67. The summed E-state index contributed by atoms with van der Waals surface area (Å²) in [5, 5.41) is 0.678. The normalized spacial score (nSPS) is 17.0. The number of carbonyl (C=O) groups is 1. The molecule has 3 heterocycles. The molecule has 2 aromatic heterocycles. The van der Waals surface area contributed by atoms with Crippen LogP contribution < -0.4 is 5.56 Å². The fraction of sp³-hybridized carbons (Fsp3) is 0.263. The lowest BCUT2D eigenvalue weighted by molar-refractivity contribution is 0.0729. The first-order chi connectivity index (χ1) is 12.6. The van der Waals surface area contributed by atoms with Gasteiger partial charge in [0, 0.05) is 23.8 Å². The van der Waals surface area contributed by atoms with Gasteiger partial charge in [-0.3, -0.25) is 9.59 Å². The molecule has 3 aromatic rings. The predicted molar refractivity (Wildman–Crippen MR) is 99.4 cm³/mol. The van der Waals surface area contributed by atoms with Crippen LogP contribution in [0.15, 0.2) is 47.4 Å². The van der Waals surface area contributed by atoms with E-state index in [1.165, 1.54) is 0 Å². The minimum Gasteiger partial charge on any atom is -0.334 e. The maximum atomic E-state index is 13.0. The molecule has 1 saturated heterocycles. The number of nitrogens with zero attached hydrogens (tertiary/aromatic N) is 3. The van der Waals surface area contributed by atoms with Crippen molar-refractivity contribution in [2.24, 2.45) is 0 Å². The molecule has 6 nitrogen and oxygen atoms in total. The Balaban J connectivity index is 1.62. The third kappa shape index (κ3) is 3.20. The Bertz CT molecular complexity index is 1030. The lowest BCUT2D eigenvalue weighted by Gasteiger charge is -2.24. The number of H-pyrrole nitrogens is 1. The topological polar surface area (TPSA) is 79.0 Å². The number of amides is 1. The van der Waals surface area contributed by atoms with Crippen molar-refractivity contribution >= 4 is 28.7 Å². The number of nitrogens with one attached hydrogen (secondary N) is 1. The number of carbonyl (C=O) groups excluding carboxylic acids is 1. The SMILES string of the molecule is O=C(c1nc2ncccc2[nH]c1=O)N1CCCC1Cc1cccc(Cl)c1. The molecule has 132 valence electrons. The zero-order chi connectivity index (χ0) is 18.1. The van der Waals surface area contributed by atoms with Gasteiger partial charge in [0.05, 0.1) is 5.52 Å². The molecule has 26 heavy (non-hydrogen) atoms. The second-order valence-corrected chi connectivity index (χ2v) is 6.85. The van der Waals surface area contributed by atoms with Crippen LogP contribution in [0.2, 0.25) is 5.02 Å². The van der Waals surface area contributed by atoms with Crippen molar-refractivity contribution < 1.29 is 4.79 Å². The summed E-state index contributed by atoms with van der Waals surface area (Å²) in [5.41, 5.74) is 1.37. The fourth-order valence-electron chi connectivity index (χ4n) is 3.45. The molecule has 4 rings (SSSR count). The van der Waals surface area contributed by atoms with Crippen molar-refractivity contribution in [3.63, 3.8) is 0 Å². The van der Waals surface area contributed by atoms with Gasteiger partial charge in [-0.2, -0.15) is 0 Å². The summed E-state index contributed by atoms with van der Waals surface area (Å²) >= 11 is 6.06. The van der Waals surface area contributed by atoms with E-state index in [2.05, 4.69) is 15.0 Å². The van der Waals surface area contributed by atoms with Crippen molar-refractivity contribution in [3.05, 3.63) is 69.2 Å². The van der Waals surface area contributed by atoms with Crippen molar-refractivity contribution in [1.82, 2.24) is 19.9 Å². The number of aromatic amines is 1. The van der Waals surface area contributed by atoms with E-state index in [0.29, 0.717) is 29.2 Å². The standard InChI is InChI=1S/C19H17ClN4O2/c20-13-5-1-4-12(10-13)11-14-6-3-9-24(14)19(26)16-18(25)22-15-7-2-8-21-17(15)23-16/h1-2,4-5,7-8,10,14H,3,6,9,11H2,(H,22,25). The van der Waals surface area contributed by atoms with Gasteiger partial charge in [-0.1, -0.05) is 23.7 Å². The van der Waals surface area contributed by atoms with E-state index in [4.69, 9.17) is 11.6 Å². The number of aromatic nitrogens is 3. The highest BCUT2D eigenvalue weighted by Gasteiger charge is 2.31. The van der Waals surface area contributed by atoms with Gasteiger partial charge in [-0.25, -0.2) is 9.97 Å². The van der Waals surface area contributed by atoms with E-state index in [0.717, 1.165) is 18.4 Å². The lowest BCUT2D eigenvalue weighted by atomic mass is 10.0. The third-order valence-electron chi connectivity index (χ3n) is 4.67. The molecule has 0 spiro atoms. The van der Waals surface area contributed by atoms with Crippen LogP contribution in [0.5, 0.6) is 0 Å². The van der Waals surface area contributed by atoms with E-state index in [-0.39, 0.29) is 17.6 Å². The summed E-state index contributed by atoms with van der Waals surface area (Å²) in [7, 11) is 0. The van der Waals surface area contributed by atoms with Gasteiger partial charge < -0.3 is 9.88 Å². The first kappa shape index (κ1) is 16.7. The number of likely N-dealkylation sites (tertiary alicyclic amines) is 1. The summed E-state index contributed by atoms with van der Waals surface area (Å²) < 4.78 is 0. The second-order valence-electron chi connectivity index (χ2n) is 6.42. The summed E-state index contributed by atoms with van der Waals surface area (Å²) in [6, 6.07) is 11.1. The smallest absolute Gasteiger partial charge is 0.280 e. The number of benzene rings is 1. The zero-order valence-electron chi connectivity index (χ0n) is 14.0. The van der Waals surface area contributed by atoms with E-state index in [1.54, 1.807) is 23.2 Å². The largest absolute Gasteiger partial charge is 0.334 e. The molecule has 1 aliphatic heterocycles. The Labute approximate surface area is 154 Å². The van der Waals surface area contributed by atoms with Gasteiger partial charge in [0.1, 0.15) is 0 Å². The minimum absolute atomic E-state index is 0.0293. The van der Waals surface area contributed by atoms with Crippen molar-refractivity contribution in [2.75, 3.05) is 6.54 Å². The highest BCUT2D eigenvalue weighted by Crippen LogP contribution is 2.23. The molecule has 1 fully saturated rings. The molecular formula is C19H17ClN4O2. The van der Waals surface area contributed by atoms with Crippen molar-refractivity contribution in [1.29, 1.82) is 0 Å². The molecular weight excluding hydrogens is 352 g/mol. The summed E-state index contributed by atoms with van der Waals surface area (Å²) in [6.45, 7) is 0.617. The molecule has 1 N–H and O–H groups in total. The number of hydrogen-bond acceptors (Lipinski definition) is 4. The molecule has 1 unspecified atom stereocenters. The molecule has 0 aliphatic carbocycles. The Hall–Kier alpha value is -2.73. The van der Waals surface area contributed by atoms with Crippen molar-refractivity contribution in [3.8, 4) is 0 Å². The van der Waals surface area contributed by atoms with Gasteiger partial charge in [0.25, 0.3) is 11.5 Å². The van der Waals surface area contributed by atoms with Crippen LogP contribution in [-0.4, -0.2) is 38.3 Å². The lowest BCUT2D eigenvalue weighted by Crippen LogP contribution is -2.40. The number of hydrogen-bond donors (Lipinski definition) is 1. The van der Waals surface area contributed by atoms with E-state index >= 15 is 0 Å². The monoisotopic (exact) mass is 368 g/mol. The van der Waals surface area contributed by atoms with Gasteiger partial charge in [0.15, 0.2) is 11.3 Å². The zero-order valence-corrected chi connectivity index (χ0v) is 14.7. The van der Waals surface area contributed by atoms with Crippen LogP contribution in [0.3, 0.4) is 0 Å². The number of rotatable bonds is 3. The van der Waals surface area contributed by atoms with Gasteiger partial charge in [-0.05, 0) is 49.1 Å². The second kappa shape index (κ2) is 6.88. The molecule has 1 aromatic carbocycles. The molecule has 0 radical (unpaired) electrons. The predicted octanol–water partition coefficient (Wildman–Crippen LogP) is 2.82. The van der Waals surface area contributed by atoms with Crippen LogP contribution in [0.1, 0.15) is 28.9 Å². The Morgan fingerprint density at radius 2 is 2.19 bits per heavy atom. The van der Waals surface area contributed by atoms with Gasteiger partial charge >= 0.3 is 0 Å². The number of halogens is 1. The van der Waals surface area contributed by atoms with Crippen LogP contribution in [0.25, 0.3) is 11.2 Å². The first-order valence-corrected chi connectivity index (χ1v) is 8.90. The molecule has 1 atom stereocenters. The molecule has 1 aliphatic rings. The Morgan fingerprint density at radius 3 is 3.04 bits per heavy atom. The van der Waals surface area contributed by atoms with Gasteiger partial charge in [-0.15, -0.1) is 0 Å². The molecule has 0 saturated carbocycles. The van der Waals surface area contributed by atoms with E-state index in [1.807, 2.05) is 24.3 Å². The van der Waals surface area contributed by atoms with E-state index < -0.39 is 5.56 Å². The molecule has 0 bridgehead atoms. The van der Waals surface area contributed by atoms with E-state index in [9.17, 15) is 9.59 Å². The first-order valence-electron chi connectivity index (χ1n) is 8.52.